The zero-order valence-corrected chi connectivity index (χ0v) is 6.83. The van der Waals surface area contributed by atoms with Crippen molar-refractivity contribution < 1.29 is 5.11 Å². The van der Waals surface area contributed by atoms with Crippen LogP contribution in [0.3, 0.4) is 0 Å². The standard InChI is InChI=1S/C10H12O/c1-8-3-5-10(6-4-8)7-9(2)11/h3-7,11H,1-2H3. The first-order valence-corrected chi connectivity index (χ1v) is 3.62. The first kappa shape index (κ1) is 7.86. The molecule has 0 atom stereocenters. The third-order valence-corrected chi connectivity index (χ3v) is 1.45. The Balaban J connectivity index is 2.91. The zero-order chi connectivity index (χ0) is 8.27. The van der Waals surface area contributed by atoms with Gasteiger partial charge in [-0.1, -0.05) is 29.8 Å². The average Bonchev–Trinajstić information content (AvgIpc) is 1.93. The second-order valence-electron chi connectivity index (χ2n) is 2.70. The van der Waals surface area contributed by atoms with Gasteiger partial charge in [0, 0.05) is 0 Å². The Morgan fingerprint density at radius 1 is 1.27 bits per heavy atom. The van der Waals surface area contributed by atoms with Crippen molar-refractivity contribution in [1.29, 1.82) is 0 Å². The lowest BCUT2D eigenvalue weighted by atomic mass is 10.1. The van der Waals surface area contributed by atoms with Crippen LogP contribution in [0, 0.1) is 6.92 Å². The maximum atomic E-state index is 8.94. The van der Waals surface area contributed by atoms with E-state index in [1.807, 2.05) is 31.2 Å². The van der Waals surface area contributed by atoms with E-state index in [1.54, 1.807) is 13.0 Å². The van der Waals surface area contributed by atoms with Gasteiger partial charge in [-0.25, -0.2) is 0 Å². The van der Waals surface area contributed by atoms with E-state index in [9.17, 15) is 0 Å². The summed E-state index contributed by atoms with van der Waals surface area (Å²) >= 11 is 0. The molecular weight excluding hydrogens is 136 g/mol. The summed E-state index contributed by atoms with van der Waals surface area (Å²) < 4.78 is 0. The van der Waals surface area contributed by atoms with Crippen LogP contribution in [0.1, 0.15) is 18.1 Å². The molecule has 0 aromatic heterocycles. The molecule has 0 aliphatic carbocycles. The number of hydrogen-bond donors (Lipinski definition) is 1. The summed E-state index contributed by atoms with van der Waals surface area (Å²) in [5, 5.41) is 8.94. The molecule has 58 valence electrons. The normalized spacial score (nSPS) is 11.6. The fourth-order valence-corrected chi connectivity index (χ4v) is 0.904. The molecule has 0 unspecified atom stereocenters. The summed E-state index contributed by atoms with van der Waals surface area (Å²) in [4.78, 5) is 0. The Hall–Kier alpha value is -1.24. The Labute approximate surface area is 67.0 Å². The number of aryl methyl sites for hydroxylation is 1. The van der Waals surface area contributed by atoms with Gasteiger partial charge in [0.25, 0.3) is 0 Å². The van der Waals surface area contributed by atoms with Gasteiger partial charge in [0.2, 0.25) is 0 Å². The Morgan fingerprint density at radius 2 is 1.82 bits per heavy atom. The molecule has 1 nitrogen and oxygen atoms in total. The van der Waals surface area contributed by atoms with Crippen LogP contribution in [0.15, 0.2) is 30.0 Å². The molecule has 1 aromatic carbocycles. The Kier molecular flexibility index (Phi) is 2.32. The van der Waals surface area contributed by atoms with Crippen molar-refractivity contribution >= 4 is 6.08 Å². The lowest BCUT2D eigenvalue weighted by Crippen LogP contribution is -1.75. The maximum Gasteiger partial charge on any atom is 0.0897 e. The molecular formula is C10H12O. The van der Waals surface area contributed by atoms with E-state index >= 15 is 0 Å². The Morgan fingerprint density at radius 3 is 2.27 bits per heavy atom. The average molecular weight is 148 g/mol. The van der Waals surface area contributed by atoms with Crippen LogP contribution < -0.4 is 0 Å². The number of rotatable bonds is 1. The van der Waals surface area contributed by atoms with Gasteiger partial charge in [-0.3, -0.25) is 0 Å². The van der Waals surface area contributed by atoms with Crippen LogP contribution >= 0.6 is 0 Å². The van der Waals surface area contributed by atoms with Crippen molar-refractivity contribution in [3.63, 3.8) is 0 Å². The van der Waals surface area contributed by atoms with Crippen molar-refractivity contribution in [3.05, 3.63) is 41.2 Å². The largest absolute Gasteiger partial charge is 0.513 e. The fraction of sp³-hybridized carbons (Fsp3) is 0.200. The van der Waals surface area contributed by atoms with Crippen LogP contribution in [0.2, 0.25) is 0 Å². The number of aliphatic hydroxyl groups is 1. The van der Waals surface area contributed by atoms with Gasteiger partial charge in [-0.2, -0.15) is 0 Å². The summed E-state index contributed by atoms with van der Waals surface area (Å²) in [5.74, 6) is 0.342. The van der Waals surface area contributed by atoms with Gasteiger partial charge in [0.05, 0.1) is 5.76 Å². The minimum atomic E-state index is 0.342. The van der Waals surface area contributed by atoms with Crippen molar-refractivity contribution in [2.45, 2.75) is 13.8 Å². The lowest BCUT2D eigenvalue weighted by Gasteiger charge is -1.94. The van der Waals surface area contributed by atoms with Crippen LogP contribution in [0.25, 0.3) is 6.08 Å². The molecule has 0 radical (unpaired) electrons. The maximum absolute atomic E-state index is 8.94. The van der Waals surface area contributed by atoms with E-state index in [4.69, 9.17) is 5.11 Å². The first-order valence-electron chi connectivity index (χ1n) is 3.62. The molecule has 1 heteroatoms. The summed E-state index contributed by atoms with van der Waals surface area (Å²) in [7, 11) is 0. The molecule has 1 N–H and O–H groups in total. The summed E-state index contributed by atoms with van der Waals surface area (Å²) in [5.41, 5.74) is 2.27. The van der Waals surface area contributed by atoms with Gasteiger partial charge in [0.15, 0.2) is 0 Å². The topological polar surface area (TPSA) is 20.2 Å². The van der Waals surface area contributed by atoms with Crippen molar-refractivity contribution in [2.75, 3.05) is 0 Å². The summed E-state index contributed by atoms with van der Waals surface area (Å²) in [6.45, 7) is 3.71. The SMILES string of the molecule is CC(O)=Cc1ccc(C)cc1. The van der Waals surface area contributed by atoms with Crippen LogP contribution in [0.5, 0.6) is 0 Å². The van der Waals surface area contributed by atoms with Gasteiger partial charge in [-0.15, -0.1) is 0 Å². The summed E-state index contributed by atoms with van der Waals surface area (Å²) in [6.07, 6.45) is 1.74. The molecule has 0 aliphatic rings. The first-order chi connectivity index (χ1) is 5.18. The molecule has 0 saturated heterocycles. The molecule has 0 fully saturated rings. The highest BCUT2D eigenvalue weighted by Crippen LogP contribution is 2.06. The predicted molar refractivity (Wildman–Crippen MR) is 47.5 cm³/mol. The van der Waals surface area contributed by atoms with Crippen LogP contribution in [-0.4, -0.2) is 5.11 Å². The van der Waals surface area contributed by atoms with E-state index in [0.717, 1.165) is 5.56 Å². The minimum absolute atomic E-state index is 0.342. The van der Waals surface area contributed by atoms with Crippen molar-refractivity contribution in [2.24, 2.45) is 0 Å². The third-order valence-electron chi connectivity index (χ3n) is 1.45. The predicted octanol–water partition coefficient (Wildman–Crippen LogP) is 2.91. The second-order valence-corrected chi connectivity index (χ2v) is 2.70. The molecule has 0 bridgehead atoms. The highest BCUT2D eigenvalue weighted by molar-refractivity contribution is 5.50. The molecule has 0 heterocycles. The molecule has 1 rings (SSSR count). The van der Waals surface area contributed by atoms with Crippen molar-refractivity contribution in [1.82, 2.24) is 0 Å². The smallest absolute Gasteiger partial charge is 0.0897 e. The van der Waals surface area contributed by atoms with E-state index in [1.165, 1.54) is 5.56 Å². The number of hydrogen-bond acceptors (Lipinski definition) is 1. The molecule has 0 spiro atoms. The van der Waals surface area contributed by atoms with Crippen LogP contribution in [-0.2, 0) is 0 Å². The van der Waals surface area contributed by atoms with Gasteiger partial charge in [-0.05, 0) is 25.5 Å². The molecule has 0 saturated carbocycles. The quantitative estimate of drug-likeness (QED) is 0.607. The van der Waals surface area contributed by atoms with Gasteiger partial charge >= 0.3 is 0 Å². The van der Waals surface area contributed by atoms with E-state index in [2.05, 4.69) is 0 Å². The number of benzene rings is 1. The van der Waals surface area contributed by atoms with E-state index in [0.29, 0.717) is 5.76 Å². The van der Waals surface area contributed by atoms with Crippen LogP contribution in [0.4, 0.5) is 0 Å². The molecule has 11 heavy (non-hydrogen) atoms. The number of aliphatic hydroxyl groups excluding tert-OH is 1. The van der Waals surface area contributed by atoms with Crippen molar-refractivity contribution in [3.8, 4) is 0 Å². The molecule has 0 amide bonds. The highest BCUT2D eigenvalue weighted by Gasteiger charge is 1.87. The highest BCUT2D eigenvalue weighted by atomic mass is 16.3. The Bertz CT molecular complexity index is 253. The monoisotopic (exact) mass is 148 g/mol. The van der Waals surface area contributed by atoms with Gasteiger partial charge in [0.1, 0.15) is 0 Å². The fourth-order valence-electron chi connectivity index (χ4n) is 0.904. The van der Waals surface area contributed by atoms with E-state index < -0.39 is 0 Å². The summed E-state index contributed by atoms with van der Waals surface area (Å²) in [6, 6.07) is 8.01. The van der Waals surface area contributed by atoms with Gasteiger partial charge < -0.3 is 5.11 Å². The minimum Gasteiger partial charge on any atom is -0.513 e. The molecule has 1 aromatic rings. The third kappa shape index (κ3) is 2.46. The second kappa shape index (κ2) is 3.24. The van der Waals surface area contributed by atoms with E-state index in [-0.39, 0.29) is 0 Å². The molecule has 0 aliphatic heterocycles. The number of allylic oxidation sites excluding steroid dienone is 1. The zero-order valence-electron chi connectivity index (χ0n) is 6.83. The lowest BCUT2D eigenvalue weighted by molar-refractivity contribution is 0.420.